The highest BCUT2D eigenvalue weighted by Crippen LogP contribution is 2.55. The monoisotopic (exact) mass is 286 g/mol. The molecular weight excluding hydrogens is 260 g/mol. The molecule has 0 saturated heterocycles. The van der Waals surface area contributed by atoms with Gasteiger partial charge < -0.3 is 20.4 Å². The van der Waals surface area contributed by atoms with Crippen LogP contribution >= 0.6 is 0 Å². The van der Waals surface area contributed by atoms with Crippen molar-refractivity contribution >= 4 is 5.78 Å². The summed E-state index contributed by atoms with van der Waals surface area (Å²) in [6, 6.07) is 0. The van der Waals surface area contributed by atoms with Crippen LogP contribution in [-0.4, -0.2) is 50.1 Å². The van der Waals surface area contributed by atoms with E-state index < -0.39 is 41.2 Å². The third-order valence-electron chi connectivity index (χ3n) is 5.70. The first-order chi connectivity index (χ1) is 9.06. The summed E-state index contributed by atoms with van der Waals surface area (Å²) in [5.74, 6) is -1.06. The smallest absolute Gasteiger partial charge is 0.139 e. The third-order valence-corrected chi connectivity index (χ3v) is 5.70. The lowest BCUT2D eigenvalue weighted by Gasteiger charge is -2.56. The molecule has 2 aliphatic carbocycles. The van der Waals surface area contributed by atoms with E-state index in [-0.39, 0.29) is 5.78 Å². The number of carbonyl (C=O) groups excluding carboxylic acids is 1. The van der Waals surface area contributed by atoms with Gasteiger partial charge in [0.2, 0.25) is 0 Å². The molecule has 0 spiro atoms. The molecule has 2 saturated carbocycles. The molecule has 0 amide bonds. The maximum atomic E-state index is 12.3. The molecule has 0 aromatic rings. The highest BCUT2D eigenvalue weighted by Gasteiger charge is 2.61. The molecule has 2 fully saturated rings. The van der Waals surface area contributed by atoms with Gasteiger partial charge in [0.15, 0.2) is 0 Å². The van der Waals surface area contributed by atoms with Crippen LogP contribution < -0.4 is 0 Å². The van der Waals surface area contributed by atoms with Crippen molar-refractivity contribution in [1.29, 1.82) is 0 Å². The van der Waals surface area contributed by atoms with Crippen LogP contribution in [0.5, 0.6) is 0 Å². The molecule has 5 heteroatoms. The summed E-state index contributed by atoms with van der Waals surface area (Å²) in [5.41, 5.74) is -3.28. The average molecular weight is 286 g/mol. The molecule has 2 aliphatic rings. The molecule has 0 aromatic carbocycles. The standard InChI is InChI=1S/C15H26O5/c1-13-6-4-9(15(3,20)8-16)11(18)12(13)14(2,19)7-5-10(13)17/h9,11-12,16,18-20H,4-8H2,1-3H3/t9-,11-,12-,13+,14-,15-/m1/s1. The van der Waals surface area contributed by atoms with E-state index in [4.69, 9.17) is 0 Å². The molecule has 6 atom stereocenters. The van der Waals surface area contributed by atoms with Gasteiger partial charge >= 0.3 is 0 Å². The highest BCUT2D eigenvalue weighted by molar-refractivity contribution is 5.86. The fourth-order valence-electron chi connectivity index (χ4n) is 4.36. The van der Waals surface area contributed by atoms with Gasteiger partial charge in [0.1, 0.15) is 5.78 Å². The summed E-state index contributed by atoms with van der Waals surface area (Å²) < 4.78 is 0. The second-order valence-electron chi connectivity index (χ2n) is 7.33. The van der Waals surface area contributed by atoms with Crippen LogP contribution in [0.25, 0.3) is 0 Å². The minimum Gasteiger partial charge on any atom is -0.393 e. The first-order valence-electron chi connectivity index (χ1n) is 7.33. The lowest BCUT2D eigenvalue weighted by Crippen LogP contribution is -2.64. The van der Waals surface area contributed by atoms with Crippen molar-refractivity contribution in [2.24, 2.45) is 17.3 Å². The minimum absolute atomic E-state index is 0.0789. The molecule has 0 unspecified atom stereocenters. The quantitative estimate of drug-likeness (QED) is 0.583. The van der Waals surface area contributed by atoms with Gasteiger partial charge in [-0.1, -0.05) is 6.92 Å². The van der Waals surface area contributed by atoms with E-state index in [2.05, 4.69) is 0 Å². The van der Waals surface area contributed by atoms with Crippen LogP contribution in [0.1, 0.15) is 46.5 Å². The van der Waals surface area contributed by atoms with E-state index in [1.54, 1.807) is 13.8 Å². The number of ketones is 1. The summed E-state index contributed by atoms with van der Waals surface area (Å²) in [4.78, 5) is 12.3. The van der Waals surface area contributed by atoms with Crippen LogP contribution in [0, 0.1) is 17.3 Å². The summed E-state index contributed by atoms with van der Waals surface area (Å²) in [6.07, 6.45) is 0.633. The van der Waals surface area contributed by atoms with Crippen molar-refractivity contribution in [2.45, 2.75) is 63.8 Å². The van der Waals surface area contributed by atoms with E-state index in [9.17, 15) is 25.2 Å². The van der Waals surface area contributed by atoms with Gasteiger partial charge in [0.05, 0.1) is 23.9 Å². The topological polar surface area (TPSA) is 98.0 Å². The molecule has 0 radical (unpaired) electrons. The zero-order chi connectivity index (χ0) is 15.3. The maximum Gasteiger partial charge on any atom is 0.139 e. The Morgan fingerprint density at radius 3 is 2.50 bits per heavy atom. The van der Waals surface area contributed by atoms with E-state index in [0.29, 0.717) is 25.7 Å². The average Bonchev–Trinajstić information content (AvgIpc) is 2.34. The van der Waals surface area contributed by atoms with Crippen LogP contribution in [0.3, 0.4) is 0 Å². The maximum absolute atomic E-state index is 12.3. The Morgan fingerprint density at radius 2 is 1.95 bits per heavy atom. The zero-order valence-electron chi connectivity index (χ0n) is 12.5. The van der Waals surface area contributed by atoms with Crippen LogP contribution in [-0.2, 0) is 4.79 Å². The molecule has 4 N–H and O–H groups in total. The summed E-state index contributed by atoms with van der Waals surface area (Å²) >= 11 is 0. The lowest BCUT2D eigenvalue weighted by atomic mass is 9.50. The first kappa shape index (κ1) is 15.9. The van der Waals surface area contributed by atoms with Gasteiger partial charge in [-0.3, -0.25) is 4.79 Å². The van der Waals surface area contributed by atoms with Crippen molar-refractivity contribution < 1.29 is 25.2 Å². The number of hydrogen-bond donors (Lipinski definition) is 4. The largest absolute Gasteiger partial charge is 0.393 e. The Balaban J connectivity index is 2.39. The number of hydrogen-bond acceptors (Lipinski definition) is 5. The number of fused-ring (bicyclic) bond motifs is 1. The first-order valence-corrected chi connectivity index (χ1v) is 7.33. The SMILES string of the molecule is C[C@@]12CC[C@@H]([C@](C)(O)CO)[C@@H](O)[C@H]1[C@](C)(O)CCC2=O. The molecule has 20 heavy (non-hydrogen) atoms. The number of carbonyl (C=O) groups is 1. The Labute approximate surface area is 119 Å². The van der Waals surface area contributed by atoms with Gasteiger partial charge in [0.25, 0.3) is 0 Å². The number of Topliss-reactive ketones (excluding diaryl/α,β-unsaturated/α-hetero) is 1. The number of rotatable bonds is 2. The molecule has 0 aromatic heterocycles. The number of aliphatic hydroxyl groups excluding tert-OH is 2. The summed E-state index contributed by atoms with van der Waals surface area (Å²) in [5, 5.41) is 40.9. The molecule has 0 heterocycles. The Kier molecular flexibility index (Phi) is 3.79. The van der Waals surface area contributed by atoms with Crippen molar-refractivity contribution in [3.63, 3.8) is 0 Å². The van der Waals surface area contributed by atoms with Crippen LogP contribution in [0.2, 0.25) is 0 Å². The summed E-state index contributed by atoms with van der Waals surface area (Å²) in [7, 11) is 0. The van der Waals surface area contributed by atoms with Crippen molar-refractivity contribution in [2.75, 3.05) is 6.61 Å². The fourth-order valence-corrected chi connectivity index (χ4v) is 4.36. The van der Waals surface area contributed by atoms with Gasteiger partial charge in [-0.25, -0.2) is 0 Å². The van der Waals surface area contributed by atoms with Gasteiger partial charge in [0, 0.05) is 23.7 Å². The van der Waals surface area contributed by atoms with Crippen molar-refractivity contribution in [1.82, 2.24) is 0 Å². The zero-order valence-corrected chi connectivity index (χ0v) is 12.5. The predicted molar refractivity (Wildman–Crippen MR) is 72.9 cm³/mol. The molecule has 116 valence electrons. The third kappa shape index (κ3) is 2.21. The Bertz CT molecular complexity index is 403. The second-order valence-corrected chi connectivity index (χ2v) is 7.33. The van der Waals surface area contributed by atoms with E-state index in [1.165, 1.54) is 6.92 Å². The van der Waals surface area contributed by atoms with Gasteiger partial charge in [-0.2, -0.15) is 0 Å². The molecule has 0 aliphatic heterocycles. The van der Waals surface area contributed by atoms with Crippen LogP contribution in [0.4, 0.5) is 0 Å². The van der Waals surface area contributed by atoms with E-state index >= 15 is 0 Å². The van der Waals surface area contributed by atoms with E-state index in [0.717, 1.165) is 0 Å². The molecule has 0 bridgehead atoms. The number of aliphatic hydroxyl groups is 4. The molecule has 2 rings (SSSR count). The Morgan fingerprint density at radius 1 is 1.35 bits per heavy atom. The van der Waals surface area contributed by atoms with E-state index in [1.807, 2.05) is 0 Å². The van der Waals surface area contributed by atoms with Gasteiger partial charge in [-0.05, 0) is 33.1 Å². The van der Waals surface area contributed by atoms with Crippen molar-refractivity contribution in [3.8, 4) is 0 Å². The second kappa shape index (κ2) is 4.77. The minimum atomic E-state index is -1.41. The highest BCUT2D eigenvalue weighted by atomic mass is 16.3. The Hall–Kier alpha value is -0.490. The summed E-state index contributed by atoms with van der Waals surface area (Å²) in [6.45, 7) is 4.50. The molecular formula is C15H26O5. The fraction of sp³-hybridized carbons (Fsp3) is 0.933. The lowest BCUT2D eigenvalue weighted by molar-refractivity contribution is -0.208. The van der Waals surface area contributed by atoms with Crippen LogP contribution in [0.15, 0.2) is 0 Å². The van der Waals surface area contributed by atoms with Gasteiger partial charge in [-0.15, -0.1) is 0 Å². The normalized spacial score (nSPS) is 48.5. The molecule has 5 nitrogen and oxygen atoms in total. The predicted octanol–water partition coefficient (Wildman–Crippen LogP) is 0.237. The van der Waals surface area contributed by atoms with Crippen molar-refractivity contribution in [3.05, 3.63) is 0 Å².